The van der Waals surface area contributed by atoms with Gasteiger partial charge in [0, 0.05) is 32.3 Å². The van der Waals surface area contributed by atoms with Crippen molar-refractivity contribution in [3.05, 3.63) is 29.3 Å². The normalized spacial score (nSPS) is 20.1. The number of hydrogen-bond donors (Lipinski definition) is 2. The van der Waals surface area contributed by atoms with E-state index in [4.69, 9.17) is 4.74 Å². The number of aliphatic hydroxyl groups is 1. The quantitative estimate of drug-likeness (QED) is 0.818. The lowest BCUT2D eigenvalue weighted by molar-refractivity contribution is -0.127. The number of rotatable bonds is 6. The lowest BCUT2D eigenvalue weighted by Gasteiger charge is -2.23. The number of methoxy groups -OCH3 is 1. The number of amides is 2. The van der Waals surface area contributed by atoms with Gasteiger partial charge in [-0.2, -0.15) is 0 Å². The molecule has 1 saturated heterocycles. The summed E-state index contributed by atoms with van der Waals surface area (Å²) >= 11 is 0. The molecule has 1 heterocycles. The summed E-state index contributed by atoms with van der Waals surface area (Å²) in [6.07, 6.45) is 0.186. The molecule has 0 spiro atoms. The fourth-order valence-electron chi connectivity index (χ4n) is 2.81. The Bertz CT molecular complexity index is 627. The molecular formula is C18H26N2O4. The van der Waals surface area contributed by atoms with Gasteiger partial charge in [0.15, 0.2) is 0 Å². The summed E-state index contributed by atoms with van der Waals surface area (Å²) in [5, 5.41) is 12.7. The molecule has 0 saturated carbocycles. The van der Waals surface area contributed by atoms with E-state index in [1.54, 1.807) is 11.8 Å². The van der Waals surface area contributed by atoms with Crippen LogP contribution in [-0.2, 0) is 14.3 Å². The standard InChI is InChI=1S/C18H26N2O4/c1-12-5-6-15(7-13(12)2)20-9-14(8-16(20)21)17(22)19-10-18(3,23)11-24-4/h5-7,14,23H,8-11H2,1-4H3,(H,19,22)/t14-,18+/m1/s1. The minimum Gasteiger partial charge on any atom is -0.386 e. The van der Waals surface area contributed by atoms with Gasteiger partial charge in [0.25, 0.3) is 0 Å². The highest BCUT2D eigenvalue weighted by Gasteiger charge is 2.35. The molecule has 2 atom stereocenters. The van der Waals surface area contributed by atoms with Crippen LogP contribution in [0.15, 0.2) is 18.2 Å². The Kier molecular flexibility index (Phi) is 5.62. The number of nitrogens with one attached hydrogen (secondary N) is 1. The maximum Gasteiger partial charge on any atom is 0.227 e. The monoisotopic (exact) mass is 334 g/mol. The molecule has 1 aromatic rings. The highest BCUT2D eigenvalue weighted by atomic mass is 16.5. The van der Waals surface area contributed by atoms with Crippen molar-refractivity contribution in [1.82, 2.24) is 5.32 Å². The van der Waals surface area contributed by atoms with Gasteiger partial charge in [0.2, 0.25) is 11.8 Å². The van der Waals surface area contributed by atoms with E-state index in [0.29, 0.717) is 6.54 Å². The summed E-state index contributed by atoms with van der Waals surface area (Å²) < 4.78 is 4.91. The van der Waals surface area contributed by atoms with Gasteiger partial charge in [-0.05, 0) is 44.0 Å². The Morgan fingerprint density at radius 2 is 2.12 bits per heavy atom. The van der Waals surface area contributed by atoms with E-state index in [9.17, 15) is 14.7 Å². The van der Waals surface area contributed by atoms with Crippen LogP contribution in [0.4, 0.5) is 5.69 Å². The molecule has 1 fully saturated rings. The average molecular weight is 334 g/mol. The zero-order chi connectivity index (χ0) is 17.9. The zero-order valence-corrected chi connectivity index (χ0v) is 14.8. The van der Waals surface area contributed by atoms with Gasteiger partial charge in [-0.25, -0.2) is 0 Å². The van der Waals surface area contributed by atoms with Gasteiger partial charge in [-0.1, -0.05) is 6.07 Å². The third-order valence-corrected chi connectivity index (χ3v) is 4.40. The van der Waals surface area contributed by atoms with Crippen LogP contribution in [0.25, 0.3) is 0 Å². The largest absolute Gasteiger partial charge is 0.386 e. The number of carbonyl (C=O) groups excluding carboxylic acids is 2. The first kappa shape index (κ1) is 18.4. The van der Waals surface area contributed by atoms with Gasteiger partial charge >= 0.3 is 0 Å². The summed E-state index contributed by atoms with van der Waals surface area (Å²) in [4.78, 5) is 26.2. The maximum absolute atomic E-state index is 12.3. The molecule has 6 nitrogen and oxygen atoms in total. The van der Waals surface area contributed by atoms with E-state index >= 15 is 0 Å². The van der Waals surface area contributed by atoms with Crippen molar-refractivity contribution in [2.24, 2.45) is 5.92 Å². The van der Waals surface area contributed by atoms with Gasteiger partial charge < -0.3 is 20.1 Å². The van der Waals surface area contributed by atoms with Crippen molar-refractivity contribution < 1.29 is 19.4 Å². The van der Waals surface area contributed by atoms with E-state index < -0.39 is 11.5 Å². The highest BCUT2D eigenvalue weighted by Crippen LogP contribution is 2.27. The second-order valence-corrected chi connectivity index (χ2v) is 6.82. The van der Waals surface area contributed by atoms with E-state index in [1.807, 2.05) is 32.0 Å². The molecule has 0 radical (unpaired) electrons. The third-order valence-electron chi connectivity index (χ3n) is 4.40. The molecule has 0 aliphatic carbocycles. The Morgan fingerprint density at radius 3 is 2.75 bits per heavy atom. The number of carbonyl (C=O) groups is 2. The molecule has 6 heteroatoms. The molecule has 0 bridgehead atoms. The average Bonchev–Trinajstić information content (AvgIpc) is 2.90. The number of nitrogens with zero attached hydrogens (tertiary/aromatic N) is 1. The molecule has 2 N–H and O–H groups in total. The molecule has 132 valence electrons. The molecule has 2 rings (SSSR count). The number of hydrogen-bond acceptors (Lipinski definition) is 4. The van der Waals surface area contributed by atoms with Crippen LogP contribution in [0.5, 0.6) is 0 Å². The fourth-order valence-corrected chi connectivity index (χ4v) is 2.81. The van der Waals surface area contributed by atoms with Crippen molar-refractivity contribution in [3.8, 4) is 0 Å². The zero-order valence-electron chi connectivity index (χ0n) is 14.8. The molecule has 0 unspecified atom stereocenters. The van der Waals surface area contributed by atoms with Crippen LogP contribution in [-0.4, -0.2) is 49.3 Å². The molecular weight excluding hydrogens is 308 g/mol. The van der Waals surface area contributed by atoms with Crippen molar-refractivity contribution in [2.45, 2.75) is 32.8 Å². The minimum absolute atomic E-state index is 0.0537. The van der Waals surface area contributed by atoms with Crippen molar-refractivity contribution >= 4 is 17.5 Å². The first-order valence-electron chi connectivity index (χ1n) is 8.10. The summed E-state index contributed by atoms with van der Waals surface area (Å²) in [7, 11) is 1.49. The lowest BCUT2D eigenvalue weighted by atomic mass is 10.1. The smallest absolute Gasteiger partial charge is 0.227 e. The Labute approximate surface area is 142 Å². The highest BCUT2D eigenvalue weighted by molar-refractivity contribution is 6.00. The lowest BCUT2D eigenvalue weighted by Crippen LogP contribution is -2.45. The molecule has 0 aromatic heterocycles. The summed E-state index contributed by atoms with van der Waals surface area (Å²) in [5.41, 5.74) is 1.98. The first-order valence-corrected chi connectivity index (χ1v) is 8.10. The van der Waals surface area contributed by atoms with Crippen molar-refractivity contribution in [3.63, 3.8) is 0 Å². The van der Waals surface area contributed by atoms with Gasteiger partial charge in [0.1, 0.15) is 5.60 Å². The topological polar surface area (TPSA) is 78.9 Å². The number of anilines is 1. The Hall–Kier alpha value is -1.92. The van der Waals surface area contributed by atoms with Crippen molar-refractivity contribution in [2.75, 3.05) is 31.7 Å². The summed E-state index contributed by atoms with van der Waals surface area (Å²) in [5.74, 6) is -0.675. The van der Waals surface area contributed by atoms with Crippen LogP contribution >= 0.6 is 0 Å². The number of ether oxygens (including phenoxy) is 1. The third kappa shape index (κ3) is 4.33. The van der Waals surface area contributed by atoms with Gasteiger partial charge in [-0.3, -0.25) is 9.59 Å². The summed E-state index contributed by atoms with van der Waals surface area (Å²) in [6.45, 7) is 6.20. The second-order valence-electron chi connectivity index (χ2n) is 6.82. The van der Waals surface area contributed by atoms with Crippen LogP contribution in [0.1, 0.15) is 24.5 Å². The SMILES string of the molecule is COC[C@@](C)(O)CNC(=O)[C@@H]1CC(=O)N(c2ccc(C)c(C)c2)C1. The maximum atomic E-state index is 12.3. The van der Waals surface area contributed by atoms with E-state index in [-0.39, 0.29) is 31.4 Å². The van der Waals surface area contributed by atoms with Gasteiger partial charge in [0.05, 0.1) is 12.5 Å². The molecule has 2 amide bonds. The van der Waals surface area contributed by atoms with Crippen molar-refractivity contribution in [1.29, 1.82) is 0 Å². The van der Waals surface area contributed by atoms with E-state index in [0.717, 1.165) is 11.3 Å². The Balaban J connectivity index is 1.98. The first-order chi connectivity index (χ1) is 11.2. The van der Waals surface area contributed by atoms with E-state index in [1.165, 1.54) is 12.7 Å². The fraction of sp³-hybridized carbons (Fsp3) is 0.556. The Morgan fingerprint density at radius 1 is 1.42 bits per heavy atom. The molecule has 1 aliphatic rings. The van der Waals surface area contributed by atoms with Crippen LogP contribution in [0, 0.1) is 19.8 Å². The second kappa shape index (κ2) is 7.32. The van der Waals surface area contributed by atoms with Crippen LogP contribution in [0.2, 0.25) is 0 Å². The molecule has 24 heavy (non-hydrogen) atoms. The van der Waals surface area contributed by atoms with Gasteiger partial charge in [-0.15, -0.1) is 0 Å². The van der Waals surface area contributed by atoms with Crippen LogP contribution in [0.3, 0.4) is 0 Å². The van der Waals surface area contributed by atoms with Crippen LogP contribution < -0.4 is 10.2 Å². The number of aryl methyl sites for hydroxylation is 2. The predicted octanol–water partition coefficient (Wildman–Crippen LogP) is 1.17. The predicted molar refractivity (Wildman–Crippen MR) is 91.9 cm³/mol. The number of benzene rings is 1. The summed E-state index contributed by atoms with van der Waals surface area (Å²) in [6, 6.07) is 5.86. The minimum atomic E-state index is -1.12. The molecule has 1 aliphatic heterocycles. The van der Waals surface area contributed by atoms with E-state index in [2.05, 4.69) is 5.32 Å². The molecule has 1 aromatic carbocycles.